The van der Waals surface area contributed by atoms with Gasteiger partial charge in [0.05, 0.1) is 6.54 Å². The molecule has 1 heterocycles. The Morgan fingerprint density at radius 1 is 1.18 bits per heavy atom. The van der Waals surface area contributed by atoms with Gasteiger partial charge in [-0.1, -0.05) is 31.2 Å². The van der Waals surface area contributed by atoms with E-state index in [2.05, 4.69) is 57.0 Å². The summed E-state index contributed by atoms with van der Waals surface area (Å²) in [5, 5.41) is 9.28. The number of rotatable bonds is 6. The van der Waals surface area contributed by atoms with Crippen molar-refractivity contribution in [2.45, 2.75) is 59.2 Å². The summed E-state index contributed by atoms with van der Waals surface area (Å²) in [7, 11) is 1.71. The summed E-state index contributed by atoms with van der Waals surface area (Å²) < 4.78 is 0. The highest BCUT2D eigenvalue weighted by molar-refractivity contribution is 5.86. The van der Waals surface area contributed by atoms with Crippen LogP contribution in [0.25, 0.3) is 0 Å². The number of aliphatic imine (C=N–C) groups is 1. The molecule has 3 N–H and O–H groups in total. The maximum Gasteiger partial charge on any atom is 0.239 e. The average Bonchev–Trinajstić information content (AvgIpc) is 2.63. The molecule has 6 heteroatoms. The van der Waals surface area contributed by atoms with Gasteiger partial charge in [0.2, 0.25) is 5.91 Å². The Bertz CT molecular complexity index is 657. The molecule has 1 aliphatic rings. The van der Waals surface area contributed by atoms with Crippen molar-refractivity contribution in [2.75, 3.05) is 26.7 Å². The fourth-order valence-corrected chi connectivity index (χ4v) is 3.35. The maximum absolute atomic E-state index is 11.9. The number of hydrogen-bond donors (Lipinski definition) is 3. The summed E-state index contributed by atoms with van der Waals surface area (Å²) in [5.74, 6) is 1.43. The fourth-order valence-electron chi connectivity index (χ4n) is 3.35. The molecule has 0 spiro atoms. The molecule has 0 atom stereocenters. The van der Waals surface area contributed by atoms with Gasteiger partial charge in [0, 0.05) is 25.7 Å². The first-order valence-electron chi connectivity index (χ1n) is 10.3. The van der Waals surface area contributed by atoms with Crippen LogP contribution in [0.15, 0.2) is 29.3 Å². The van der Waals surface area contributed by atoms with Crippen LogP contribution in [0.2, 0.25) is 0 Å². The van der Waals surface area contributed by atoms with E-state index in [0.717, 1.165) is 12.5 Å². The zero-order valence-corrected chi connectivity index (χ0v) is 18.1. The number of likely N-dealkylation sites (tertiary alicyclic amines) is 1. The maximum atomic E-state index is 11.9. The minimum absolute atomic E-state index is 0.0479. The van der Waals surface area contributed by atoms with Gasteiger partial charge >= 0.3 is 0 Å². The highest BCUT2D eigenvalue weighted by atomic mass is 16.2. The van der Waals surface area contributed by atoms with E-state index in [9.17, 15) is 4.79 Å². The first kappa shape index (κ1) is 22.2. The predicted octanol–water partition coefficient (Wildman–Crippen LogP) is 2.50. The summed E-state index contributed by atoms with van der Waals surface area (Å²) in [6, 6.07) is 8.69. The van der Waals surface area contributed by atoms with E-state index in [0.29, 0.717) is 12.5 Å². The van der Waals surface area contributed by atoms with E-state index in [1.807, 2.05) is 20.8 Å². The lowest BCUT2D eigenvalue weighted by atomic mass is 9.98. The highest BCUT2D eigenvalue weighted by Crippen LogP contribution is 2.18. The Morgan fingerprint density at radius 3 is 2.50 bits per heavy atom. The van der Waals surface area contributed by atoms with Crippen molar-refractivity contribution >= 4 is 11.9 Å². The molecule has 1 aromatic carbocycles. The highest BCUT2D eigenvalue weighted by Gasteiger charge is 2.16. The van der Waals surface area contributed by atoms with Crippen molar-refractivity contribution in [1.82, 2.24) is 20.9 Å². The van der Waals surface area contributed by atoms with Crippen LogP contribution in [0.4, 0.5) is 0 Å². The second-order valence-corrected chi connectivity index (χ2v) is 8.86. The van der Waals surface area contributed by atoms with Crippen molar-refractivity contribution in [3.8, 4) is 0 Å². The van der Waals surface area contributed by atoms with E-state index in [1.54, 1.807) is 7.05 Å². The number of benzene rings is 1. The molecule has 1 amide bonds. The molecule has 1 saturated heterocycles. The summed E-state index contributed by atoms with van der Waals surface area (Å²) >= 11 is 0. The van der Waals surface area contributed by atoms with Gasteiger partial charge in [-0.15, -0.1) is 0 Å². The molecule has 0 bridgehead atoms. The lowest BCUT2D eigenvalue weighted by Crippen LogP contribution is -2.48. The molecule has 156 valence electrons. The number of nitrogens with one attached hydrogen (secondary N) is 3. The number of amides is 1. The monoisotopic (exact) mass is 387 g/mol. The summed E-state index contributed by atoms with van der Waals surface area (Å²) in [6.07, 6.45) is 2.60. The largest absolute Gasteiger partial charge is 0.352 e. The zero-order chi connectivity index (χ0) is 20.6. The average molecular weight is 388 g/mol. The molecule has 1 aliphatic heterocycles. The number of hydrogen-bond acceptors (Lipinski definition) is 3. The van der Waals surface area contributed by atoms with E-state index in [-0.39, 0.29) is 18.0 Å². The Kier molecular flexibility index (Phi) is 8.30. The van der Waals surface area contributed by atoms with Crippen LogP contribution in [0.1, 0.15) is 51.7 Å². The van der Waals surface area contributed by atoms with Gasteiger partial charge in [0.1, 0.15) is 0 Å². The summed E-state index contributed by atoms with van der Waals surface area (Å²) in [5.41, 5.74) is 2.33. The molecule has 6 nitrogen and oxygen atoms in total. The van der Waals surface area contributed by atoms with Crippen molar-refractivity contribution in [3.05, 3.63) is 35.4 Å². The quantitative estimate of drug-likeness (QED) is 0.518. The Morgan fingerprint density at radius 2 is 1.86 bits per heavy atom. The fraction of sp³-hybridized carbons (Fsp3) is 0.636. The lowest BCUT2D eigenvalue weighted by molar-refractivity contribution is -0.121. The Balaban J connectivity index is 1.80. The molecule has 1 aromatic rings. The third-order valence-electron chi connectivity index (χ3n) is 4.89. The topological polar surface area (TPSA) is 68.8 Å². The molecule has 0 unspecified atom stereocenters. The number of carbonyl (C=O) groups excluding carboxylic acids is 1. The number of piperidine rings is 1. The van der Waals surface area contributed by atoms with Crippen molar-refractivity contribution < 1.29 is 4.79 Å². The van der Waals surface area contributed by atoms with Gasteiger partial charge in [-0.2, -0.15) is 0 Å². The predicted molar refractivity (Wildman–Crippen MR) is 116 cm³/mol. The van der Waals surface area contributed by atoms with Gasteiger partial charge < -0.3 is 16.0 Å². The molecular formula is C22H37N5O. The van der Waals surface area contributed by atoms with Gasteiger partial charge in [-0.05, 0) is 63.7 Å². The van der Waals surface area contributed by atoms with Crippen molar-refractivity contribution in [2.24, 2.45) is 10.9 Å². The van der Waals surface area contributed by atoms with Crippen LogP contribution in [-0.4, -0.2) is 49.0 Å². The molecule has 1 fully saturated rings. The van der Waals surface area contributed by atoms with Gasteiger partial charge in [-0.3, -0.25) is 14.7 Å². The molecule has 0 aliphatic carbocycles. The van der Waals surface area contributed by atoms with Crippen LogP contribution >= 0.6 is 0 Å². The smallest absolute Gasteiger partial charge is 0.239 e. The van der Waals surface area contributed by atoms with Gasteiger partial charge in [-0.25, -0.2) is 0 Å². The minimum Gasteiger partial charge on any atom is -0.352 e. The zero-order valence-electron chi connectivity index (χ0n) is 18.1. The second kappa shape index (κ2) is 10.5. The standard InChI is InChI=1S/C22H37N5O/c1-17-9-11-27(12-10-17)16-19-8-6-7-18(13-19)14-24-21(23-5)25-15-20(28)26-22(2,3)4/h6-8,13,17H,9-12,14-16H2,1-5H3,(H,26,28)(H2,23,24,25). The molecule has 2 rings (SSSR count). The van der Waals surface area contributed by atoms with Crippen LogP contribution in [-0.2, 0) is 17.9 Å². The molecule has 0 radical (unpaired) electrons. The van der Waals surface area contributed by atoms with E-state index >= 15 is 0 Å². The third-order valence-corrected chi connectivity index (χ3v) is 4.89. The molecular weight excluding hydrogens is 350 g/mol. The van der Waals surface area contributed by atoms with Crippen LogP contribution in [0, 0.1) is 5.92 Å². The summed E-state index contributed by atoms with van der Waals surface area (Å²) in [4.78, 5) is 18.7. The SMILES string of the molecule is CN=C(NCC(=O)NC(C)(C)C)NCc1cccc(CN2CCC(C)CC2)c1. The molecule has 0 aromatic heterocycles. The van der Waals surface area contributed by atoms with Crippen LogP contribution < -0.4 is 16.0 Å². The van der Waals surface area contributed by atoms with Gasteiger partial charge in [0.25, 0.3) is 0 Å². The molecule has 28 heavy (non-hydrogen) atoms. The summed E-state index contributed by atoms with van der Waals surface area (Å²) in [6.45, 7) is 12.5. The van der Waals surface area contributed by atoms with Gasteiger partial charge in [0.15, 0.2) is 5.96 Å². The third kappa shape index (κ3) is 8.30. The van der Waals surface area contributed by atoms with E-state index < -0.39 is 0 Å². The Labute approximate surface area is 170 Å². The van der Waals surface area contributed by atoms with E-state index in [4.69, 9.17) is 0 Å². The number of guanidine groups is 1. The normalized spacial score (nSPS) is 16.7. The number of carbonyl (C=O) groups is 1. The first-order chi connectivity index (χ1) is 13.2. The van der Waals surface area contributed by atoms with Crippen LogP contribution in [0.5, 0.6) is 0 Å². The second-order valence-electron chi connectivity index (χ2n) is 8.86. The van der Waals surface area contributed by atoms with Crippen molar-refractivity contribution in [1.29, 1.82) is 0 Å². The molecule has 0 saturated carbocycles. The van der Waals surface area contributed by atoms with Crippen molar-refractivity contribution in [3.63, 3.8) is 0 Å². The first-order valence-corrected chi connectivity index (χ1v) is 10.3. The lowest BCUT2D eigenvalue weighted by Gasteiger charge is -2.30. The van der Waals surface area contributed by atoms with E-state index in [1.165, 1.54) is 37.1 Å². The van der Waals surface area contributed by atoms with Crippen LogP contribution in [0.3, 0.4) is 0 Å². The number of nitrogens with zero attached hydrogens (tertiary/aromatic N) is 2. The Hall–Kier alpha value is -2.08. The minimum atomic E-state index is -0.234.